The van der Waals surface area contributed by atoms with Crippen molar-refractivity contribution in [1.29, 1.82) is 0 Å². The van der Waals surface area contributed by atoms with Gasteiger partial charge in [0.2, 0.25) is 0 Å². The fourth-order valence-electron chi connectivity index (χ4n) is 1.78. The molecule has 0 fully saturated rings. The van der Waals surface area contributed by atoms with Crippen LogP contribution in [-0.2, 0) is 11.2 Å². The summed E-state index contributed by atoms with van der Waals surface area (Å²) in [5.41, 5.74) is 1.71. The van der Waals surface area contributed by atoms with Crippen LogP contribution in [0, 0.1) is 0 Å². The highest BCUT2D eigenvalue weighted by Gasteiger charge is 2.32. The molecule has 2 rings (SSSR count). The van der Waals surface area contributed by atoms with Crippen molar-refractivity contribution in [3.05, 3.63) is 29.8 Å². The molecular weight excluding hydrogens is 194 g/mol. The molecule has 1 heterocycles. The van der Waals surface area contributed by atoms with Gasteiger partial charge in [0.25, 0.3) is 0 Å². The zero-order valence-corrected chi connectivity index (χ0v) is 8.51. The first-order chi connectivity index (χ1) is 7.24. The minimum absolute atomic E-state index is 0.310. The van der Waals surface area contributed by atoms with Crippen LogP contribution < -0.4 is 4.90 Å². The second-order valence-corrected chi connectivity index (χ2v) is 3.38. The first kappa shape index (κ1) is 9.98. The molecule has 4 heteroatoms. The summed E-state index contributed by atoms with van der Waals surface area (Å²) in [5.74, 6) is 0. The highest BCUT2D eigenvalue weighted by molar-refractivity contribution is 5.90. The number of nitrogens with zero attached hydrogens (tertiary/aromatic N) is 1. The fraction of sp³-hybridized carbons (Fsp3) is 0.364. The van der Waals surface area contributed by atoms with Crippen molar-refractivity contribution in [3.63, 3.8) is 0 Å². The fourth-order valence-corrected chi connectivity index (χ4v) is 1.78. The van der Waals surface area contributed by atoms with Crippen LogP contribution in [-0.4, -0.2) is 24.0 Å². The lowest BCUT2D eigenvalue weighted by Gasteiger charge is -2.20. The van der Waals surface area contributed by atoms with Gasteiger partial charge in [-0.25, -0.2) is 4.79 Å². The largest absolute Gasteiger partial charge is 0.449 e. The van der Waals surface area contributed by atoms with Gasteiger partial charge in [0.05, 0.1) is 12.3 Å². The molecule has 15 heavy (non-hydrogen) atoms. The number of hydrogen-bond donors (Lipinski definition) is 1. The maximum Gasteiger partial charge on any atom is 0.416 e. The molecule has 0 spiro atoms. The Morgan fingerprint density at radius 2 is 2.33 bits per heavy atom. The molecule has 1 unspecified atom stereocenters. The SMILES string of the molecule is CCOC(=O)N1c2ccccc2CC1O. The third kappa shape index (κ3) is 1.68. The van der Waals surface area contributed by atoms with E-state index in [-0.39, 0.29) is 0 Å². The number of carbonyl (C=O) groups excluding carboxylic acids is 1. The molecule has 1 aliphatic heterocycles. The molecular formula is C11H13NO3. The van der Waals surface area contributed by atoms with E-state index in [1.807, 2.05) is 24.3 Å². The van der Waals surface area contributed by atoms with Crippen LogP contribution in [0.2, 0.25) is 0 Å². The van der Waals surface area contributed by atoms with Crippen LogP contribution in [0.5, 0.6) is 0 Å². The summed E-state index contributed by atoms with van der Waals surface area (Å²) in [6.07, 6.45) is -0.828. The molecule has 1 atom stereocenters. The summed E-state index contributed by atoms with van der Waals surface area (Å²) in [6.45, 7) is 2.05. The minimum atomic E-state index is -0.804. The van der Waals surface area contributed by atoms with Gasteiger partial charge in [-0.15, -0.1) is 0 Å². The number of hydrogen-bond acceptors (Lipinski definition) is 3. The molecule has 1 N–H and O–H groups in total. The number of benzene rings is 1. The van der Waals surface area contributed by atoms with E-state index in [1.165, 1.54) is 4.90 Å². The van der Waals surface area contributed by atoms with Gasteiger partial charge < -0.3 is 9.84 Å². The van der Waals surface area contributed by atoms with E-state index in [2.05, 4.69) is 0 Å². The van der Waals surface area contributed by atoms with Gasteiger partial charge in [-0.05, 0) is 18.6 Å². The molecule has 1 aliphatic rings. The zero-order chi connectivity index (χ0) is 10.8. The molecule has 4 nitrogen and oxygen atoms in total. The average Bonchev–Trinajstić information content (AvgIpc) is 2.54. The van der Waals surface area contributed by atoms with Gasteiger partial charge in [0, 0.05) is 6.42 Å². The van der Waals surface area contributed by atoms with E-state index >= 15 is 0 Å². The quantitative estimate of drug-likeness (QED) is 0.759. The van der Waals surface area contributed by atoms with E-state index in [4.69, 9.17) is 4.74 Å². The number of anilines is 1. The Hall–Kier alpha value is -1.55. The highest BCUT2D eigenvalue weighted by Crippen LogP contribution is 2.31. The first-order valence-electron chi connectivity index (χ1n) is 4.96. The number of para-hydroxylation sites is 1. The molecule has 1 aromatic rings. The Labute approximate surface area is 88.1 Å². The number of aliphatic hydroxyl groups is 1. The normalized spacial score (nSPS) is 18.8. The number of rotatable bonds is 1. The number of amides is 1. The first-order valence-corrected chi connectivity index (χ1v) is 4.96. The maximum atomic E-state index is 11.6. The Morgan fingerprint density at radius 1 is 1.60 bits per heavy atom. The van der Waals surface area contributed by atoms with Crippen molar-refractivity contribution in [2.24, 2.45) is 0 Å². The van der Waals surface area contributed by atoms with Crippen molar-refractivity contribution in [1.82, 2.24) is 0 Å². The Morgan fingerprint density at radius 3 is 3.07 bits per heavy atom. The van der Waals surface area contributed by atoms with Gasteiger partial charge in [-0.1, -0.05) is 18.2 Å². The third-order valence-corrected chi connectivity index (χ3v) is 2.42. The van der Waals surface area contributed by atoms with Crippen LogP contribution in [0.15, 0.2) is 24.3 Å². The predicted molar refractivity (Wildman–Crippen MR) is 55.7 cm³/mol. The third-order valence-electron chi connectivity index (χ3n) is 2.42. The Bertz CT molecular complexity index is 378. The molecule has 80 valence electrons. The summed E-state index contributed by atoms with van der Waals surface area (Å²) in [7, 11) is 0. The number of aliphatic hydroxyl groups excluding tert-OH is 1. The standard InChI is InChI=1S/C11H13NO3/c1-2-15-11(14)12-9-6-4-3-5-8(9)7-10(12)13/h3-6,10,13H,2,7H2,1H3. The van der Waals surface area contributed by atoms with Crippen LogP contribution in [0.1, 0.15) is 12.5 Å². The van der Waals surface area contributed by atoms with E-state index in [0.29, 0.717) is 13.0 Å². The lowest BCUT2D eigenvalue weighted by molar-refractivity contribution is 0.129. The molecule has 1 aromatic carbocycles. The van der Waals surface area contributed by atoms with Crippen molar-refractivity contribution < 1.29 is 14.6 Å². The molecule has 0 radical (unpaired) electrons. The van der Waals surface area contributed by atoms with Crippen molar-refractivity contribution >= 4 is 11.8 Å². The van der Waals surface area contributed by atoms with Gasteiger partial charge in [-0.3, -0.25) is 4.90 Å². The van der Waals surface area contributed by atoms with E-state index in [0.717, 1.165) is 11.3 Å². The van der Waals surface area contributed by atoms with Gasteiger partial charge in [-0.2, -0.15) is 0 Å². The van der Waals surface area contributed by atoms with Gasteiger partial charge >= 0.3 is 6.09 Å². The predicted octanol–water partition coefficient (Wildman–Crippen LogP) is 1.52. The van der Waals surface area contributed by atoms with Crippen molar-refractivity contribution in [3.8, 4) is 0 Å². The summed E-state index contributed by atoms with van der Waals surface area (Å²) in [6, 6.07) is 7.43. The van der Waals surface area contributed by atoms with Gasteiger partial charge in [0.1, 0.15) is 6.23 Å². The number of fused-ring (bicyclic) bond motifs is 1. The van der Waals surface area contributed by atoms with Crippen LogP contribution >= 0.6 is 0 Å². The van der Waals surface area contributed by atoms with Crippen LogP contribution in [0.4, 0.5) is 10.5 Å². The molecule has 0 bridgehead atoms. The van der Waals surface area contributed by atoms with E-state index < -0.39 is 12.3 Å². The lowest BCUT2D eigenvalue weighted by atomic mass is 10.2. The summed E-state index contributed by atoms with van der Waals surface area (Å²) in [5, 5.41) is 9.73. The van der Waals surface area contributed by atoms with Crippen LogP contribution in [0.3, 0.4) is 0 Å². The molecule has 0 saturated carbocycles. The molecule has 0 aliphatic carbocycles. The second-order valence-electron chi connectivity index (χ2n) is 3.38. The molecule has 0 aromatic heterocycles. The Kier molecular flexibility index (Phi) is 2.60. The molecule has 1 amide bonds. The second kappa shape index (κ2) is 3.90. The van der Waals surface area contributed by atoms with E-state index in [9.17, 15) is 9.90 Å². The monoisotopic (exact) mass is 207 g/mol. The minimum Gasteiger partial charge on any atom is -0.449 e. The number of ether oxygens (including phenoxy) is 1. The summed E-state index contributed by atoms with van der Waals surface area (Å²) < 4.78 is 4.88. The van der Waals surface area contributed by atoms with Crippen LogP contribution in [0.25, 0.3) is 0 Å². The maximum absolute atomic E-state index is 11.6. The summed E-state index contributed by atoms with van der Waals surface area (Å²) in [4.78, 5) is 12.9. The highest BCUT2D eigenvalue weighted by atomic mass is 16.6. The molecule has 0 saturated heterocycles. The summed E-state index contributed by atoms with van der Waals surface area (Å²) >= 11 is 0. The topological polar surface area (TPSA) is 49.8 Å². The Balaban J connectivity index is 2.29. The van der Waals surface area contributed by atoms with E-state index in [1.54, 1.807) is 6.92 Å². The lowest BCUT2D eigenvalue weighted by Crippen LogP contribution is -2.37. The van der Waals surface area contributed by atoms with Crippen molar-refractivity contribution in [2.75, 3.05) is 11.5 Å². The number of carbonyl (C=O) groups is 1. The zero-order valence-electron chi connectivity index (χ0n) is 8.51. The average molecular weight is 207 g/mol. The van der Waals surface area contributed by atoms with Gasteiger partial charge in [0.15, 0.2) is 0 Å². The van der Waals surface area contributed by atoms with Crippen molar-refractivity contribution in [2.45, 2.75) is 19.6 Å². The smallest absolute Gasteiger partial charge is 0.416 e.